The molecule has 0 aromatic heterocycles. The highest BCUT2D eigenvalue weighted by atomic mass is 31.2. The number of allylic oxidation sites excluding steroid dienone is 4. The summed E-state index contributed by atoms with van der Waals surface area (Å²) in [5, 5.41) is 0. The molecule has 0 bridgehead atoms. The van der Waals surface area contributed by atoms with Gasteiger partial charge >= 0.3 is 7.60 Å². The van der Waals surface area contributed by atoms with Gasteiger partial charge in [0.15, 0.2) is 0 Å². The SMILES string of the molecule is C=CC(C)(CC=[C]P(=O)(OCC)OCC)CCC=C(C)C. The molecule has 0 aliphatic rings. The summed E-state index contributed by atoms with van der Waals surface area (Å²) in [6.45, 7) is 14.5. The van der Waals surface area contributed by atoms with Crippen LogP contribution in [0.15, 0.2) is 30.4 Å². The van der Waals surface area contributed by atoms with Gasteiger partial charge in [-0.25, -0.2) is 0 Å². The van der Waals surface area contributed by atoms with Gasteiger partial charge in [-0.2, -0.15) is 0 Å². The van der Waals surface area contributed by atoms with Crippen molar-refractivity contribution >= 4 is 7.60 Å². The van der Waals surface area contributed by atoms with E-state index in [4.69, 9.17) is 9.05 Å². The van der Waals surface area contributed by atoms with Crippen LogP contribution < -0.4 is 0 Å². The summed E-state index contributed by atoms with van der Waals surface area (Å²) in [4.78, 5) is 0. The highest BCUT2D eigenvalue weighted by Crippen LogP contribution is 2.49. The van der Waals surface area contributed by atoms with Gasteiger partial charge in [0.1, 0.15) is 0 Å². The minimum Gasteiger partial charge on any atom is -0.305 e. The van der Waals surface area contributed by atoms with E-state index in [-0.39, 0.29) is 5.41 Å². The molecule has 0 aromatic rings. The third-order valence-electron chi connectivity index (χ3n) is 3.18. The molecule has 0 saturated carbocycles. The van der Waals surface area contributed by atoms with Crippen LogP contribution in [0.5, 0.6) is 0 Å². The van der Waals surface area contributed by atoms with E-state index in [0.29, 0.717) is 13.2 Å². The zero-order chi connectivity index (χ0) is 16.4. The predicted molar refractivity (Wildman–Crippen MR) is 90.3 cm³/mol. The molecule has 0 aliphatic carbocycles. The van der Waals surface area contributed by atoms with Gasteiger partial charge in [0, 0.05) is 0 Å². The highest BCUT2D eigenvalue weighted by Gasteiger charge is 2.22. The Morgan fingerprint density at radius 1 is 1.29 bits per heavy atom. The lowest BCUT2D eigenvalue weighted by molar-refractivity contribution is 0.227. The molecular weight excluding hydrogens is 283 g/mol. The smallest absolute Gasteiger partial charge is 0.305 e. The van der Waals surface area contributed by atoms with Crippen molar-refractivity contribution in [3.63, 3.8) is 0 Å². The van der Waals surface area contributed by atoms with Crippen LogP contribution in [-0.2, 0) is 13.6 Å². The molecule has 0 rings (SSSR count). The first-order valence-electron chi connectivity index (χ1n) is 7.56. The summed E-state index contributed by atoms with van der Waals surface area (Å²) < 4.78 is 22.6. The number of rotatable bonds is 11. The maximum atomic E-state index is 12.3. The summed E-state index contributed by atoms with van der Waals surface area (Å²) in [5.41, 5.74) is 1.28. The molecule has 1 radical (unpaired) electrons. The maximum absolute atomic E-state index is 12.3. The van der Waals surface area contributed by atoms with E-state index < -0.39 is 7.60 Å². The molecule has 0 N–H and O–H groups in total. The molecule has 0 aliphatic heterocycles. The van der Waals surface area contributed by atoms with Gasteiger partial charge in [-0.1, -0.05) is 30.7 Å². The lowest BCUT2D eigenvalue weighted by atomic mass is 9.82. The molecule has 1 unspecified atom stereocenters. The predicted octanol–water partition coefficient (Wildman–Crippen LogP) is 5.90. The molecule has 4 heteroatoms. The van der Waals surface area contributed by atoms with Crippen LogP contribution in [0.1, 0.15) is 53.9 Å². The molecule has 1 atom stereocenters. The molecule has 0 amide bonds. The zero-order valence-electron chi connectivity index (χ0n) is 14.1. The standard InChI is InChI=1S/C17H30O3P/c1-7-17(6,13-10-12-16(4)5)14-11-15-21(18,19-8-2)20-9-3/h7,11-12H,1,8-10,13-14H2,2-6H3. The van der Waals surface area contributed by atoms with Crippen molar-refractivity contribution in [1.29, 1.82) is 0 Å². The molecule has 21 heavy (non-hydrogen) atoms. The second kappa shape index (κ2) is 10.2. The van der Waals surface area contributed by atoms with E-state index in [2.05, 4.69) is 39.2 Å². The van der Waals surface area contributed by atoms with Gasteiger partial charge in [-0.15, -0.1) is 6.58 Å². The summed E-state index contributed by atoms with van der Waals surface area (Å²) in [6, 6.07) is 0. The topological polar surface area (TPSA) is 35.5 Å². The second-order valence-electron chi connectivity index (χ2n) is 5.55. The van der Waals surface area contributed by atoms with Gasteiger partial charge in [-0.3, -0.25) is 4.57 Å². The van der Waals surface area contributed by atoms with E-state index in [9.17, 15) is 4.57 Å². The zero-order valence-corrected chi connectivity index (χ0v) is 15.0. The van der Waals surface area contributed by atoms with Crippen molar-refractivity contribution in [3.8, 4) is 0 Å². The van der Waals surface area contributed by atoms with Crippen molar-refractivity contribution in [3.05, 3.63) is 36.2 Å². The Balaban J connectivity index is 4.67. The fourth-order valence-electron chi connectivity index (χ4n) is 1.82. The van der Waals surface area contributed by atoms with Crippen molar-refractivity contribution in [1.82, 2.24) is 0 Å². The Bertz CT molecular complexity index is 398. The van der Waals surface area contributed by atoms with Crippen LogP contribution in [0.3, 0.4) is 0 Å². The lowest BCUT2D eigenvalue weighted by Gasteiger charge is -2.23. The molecule has 0 fully saturated rings. The van der Waals surface area contributed by atoms with E-state index in [1.54, 1.807) is 19.9 Å². The van der Waals surface area contributed by atoms with Gasteiger partial charge in [0.05, 0.1) is 19.0 Å². The quantitative estimate of drug-likeness (QED) is 0.352. The number of hydrogen-bond donors (Lipinski definition) is 0. The normalized spacial score (nSPS) is 14.9. The largest absolute Gasteiger partial charge is 0.361 e. The molecule has 3 nitrogen and oxygen atoms in total. The van der Waals surface area contributed by atoms with Crippen molar-refractivity contribution in [2.45, 2.75) is 53.9 Å². The van der Waals surface area contributed by atoms with Crippen LogP contribution in [0, 0.1) is 11.2 Å². The Morgan fingerprint density at radius 2 is 1.86 bits per heavy atom. The van der Waals surface area contributed by atoms with Crippen molar-refractivity contribution < 1.29 is 13.6 Å². The summed E-state index contributed by atoms with van der Waals surface area (Å²) in [6.07, 6.45) is 8.67. The average molecular weight is 313 g/mol. The van der Waals surface area contributed by atoms with Crippen LogP contribution >= 0.6 is 7.60 Å². The lowest BCUT2D eigenvalue weighted by Crippen LogP contribution is -2.11. The van der Waals surface area contributed by atoms with Gasteiger partial charge in [-0.05, 0) is 52.4 Å². The molecule has 0 aromatic carbocycles. The first kappa shape index (κ1) is 20.4. The highest BCUT2D eigenvalue weighted by molar-refractivity contribution is 7.55. The van der Waals surface area contributed by atoms with Gasteiger partial charge < -0.3 is 9.05 Å². The summed E-state index contributed by atoms with van der Waals surface area (Å²) >= 11 is 0. The molecule has 0 saturated heterocycles. The molecule has 0 heterocycles. The molecule has 0 spiro atoms. The van der Waals surface area contributed by atoms with E-state index in [0.717, 1.165) is 19.3 Å². The summed E-state index contributed by atoms with van der Waals surface area (Å²) in [7, 11) is -3.21. The Labute approximate surface area is 130 Å². The monoisotopic (exact) mass is 313 g/mol. The van der Waals surface area contributed by atoms with E-state index in [1.807, 2.05) is 6.08 Å². The van der Waals surface area contributed by atoms with E-state index >= 15 is 0 Å². The fraction of sp³-hybridized carbons (Fsp3) is 0.647. The van der Waals surface area contributed by atoms with Crippen molar-refractivity contribution in [2.75, 3.05) is 13.2 Å². The first-order chi connectivity index (χ1) is 9.81. The van der Waals surface area contributed by atoms with Crippen LogP contribution in [0.4, 0.5) is 0 Å². The Morgan fingerprint density at radius 3 is 2.29 bits per heavy atom. The Hall–Kier alpha value is -0.630. The minimum absolute atomic E-state index is 0.0395. The first-order valence-corrected chi connectivity index (χ1v) is 9.10. The Kier molecular flexibility index (Phi) is 9.85. The second-order valence-corrected chi connectivity index (χ2v) is 7.32. The third kappa shape index (κ3) is 9.08. The van der Waals surface area contributed by atoms with E-state index in [1.165, 1.54) is 5.57 Å². The summed E-state index contributed by atoms with van der Waals surface area (Å²) in [5.74, 6) is 2.81. The van der Waals surface area contributed by atoms with Crippen LogP contribution in [0.2, 0.25) is 0 Å². The maximum Gasteiger partial charge on any atom is 0.361 e. The third-order valence-corrected chi connectivity index (χ3v) is 4.87. The van der Waals surface area contributed by atoms with Crippen LogP contribution in [-0.4, -0.2) is 13.2 Å². The van der Waals surface area contributed by atoms with Gasteiger partial charge in [0.25, 0.3) is 0 Å². The molecular formula is C17H30O3P. The number of hydrogen-bond acceptors (Lipinski definition) is 3. The fourth-order valence-corrected chi connectivity index (χ4v) is 3.04. The minimum atomic E-state index is -3.21. The van der Waals surface area contributed by atoms with Gasteiger partial charge in [0.2, 0.25) is 0 Å². The molecule has 121 valence electrons. The van der Waals surface area contributed by atoms with Crippen LogP contribution in [0.25, 0.3) is 0 Å². The van der Waals surface area contributed by atoms with Crippen molar-refractivity contribution in [2.24, 2.45) is 5.41 Å². The average Bonchev–Trinajstić information content (AvgIpc) is 2.38.